The highest BCUT2D eigenvalue weighted by Crippen LogP contribution is 2.64. The molecule has 10 aromatic carbocycles. The van der Waals surface area contributed by atoms with Crippen LogP contribution in [0.5, 0.6) is 0 Å². The van der Waals surface area contributed by atoms with Crippen molar-refractivity contribution in [2.45, 2.75) is 5.41 Å². The van der Waals surface area contributed by atoms with Crippen LogP contribution < -0.4 is 21.1 Å². The van der Waals surface area contributed by atoms with Gasteiger partial charge in [-0.3, -0.25) is 0 Å². The first kappa shape index (κ1) is 34.6. The molecule has 3 heterocycles. The molecule has 2 aliphatic heterocycles. The van der Waals surface area contributed by atoms with E-state index >= 15 is 0 Å². The second-order valence-electron chi connectivity index (χ2n) is 17.2. The summed E-state index contributed by atoms with van der Waals surface area (Å²) < 4.78 is 7.10. The van der Waals surface area contributed by atoms with E-state index in [0.717, 1.165) is 46.3 Å². The van der Waals surface area contributed by atoms with Gasteiger partial charge in [0.15, 0.2) is 12.9 Å². The fourth-order valence-electron chi connectivity index (χ4n) is 11.5. The lowest BCUT2D eigenvalue weighted by Crippen LogP contribution is -2.47. The van der Waals surface area contributed by atoms with Gasteiger partial charge in [0.05, 0.1) is 16.8 Å². The molecule has 3 nitrogen and oxygen atoms in total. The monoisotopic (exact) mass is 800 g/mol. The molecule has 0 radical (unpaired) electrons. The van der Waals surface area contributed by atoms with Crippen molar-refractivity contribution < 1.29 is 4.42 Å². The number of nitrogens with zero attached hydrogens (tertiary/aromatic N) is 1. The number of furan rings is 1. The van der Waals surface area contributed by atoms with Gasteiger partial charge >= 0.3 is 0 Å². The van der Waals surface area contributed by atoms with Crippen LogP contribution in [0.3, 0.4) is 0 Å². The molecule has 1 aliphatic carbocycles. The lowest BCUT2D eigenvalue weighted by atomic mass is 9.54. The minimum atomic E-state index is -0.490. The Morgan fingerprint density at radius 3 is 1.92 bits per heavy atom. The Morgan fingerprint density at radius 1 is 0.460 bits per heavy atom. The number of rotatable bonds is 4. The third kappa shape index (κ3) is 4.70. The van der Waals surface area contributed by atoms with Crippen LogP contribution in [0.15, 0.2) is 217 Å². The zero-order valence-corrected chi connectivity index (χ0v) is 34.3. The smallest absolute Gasteiger partial charge is 0.198 e. The Bertz CT molecular complexity index is 3650. The molecule has 1 spiro atoms. The molecule has 0 unspecified atom stereocenters. The normalized spacial score (nSPS) is 13.6. The molecule has 14 rings (SSSR count). The van der Waals surface area contributed by atoms with Gasteiger partial charge in [0, 0.05) is 33.4 Å². The maximum atomic E-state index is 7.10. The first-order chi connectivity index (χ1) is 31.3. The number of nitrogens with one attached hydrogen (secondary N) is 1. The third-order valence-electron chi connectivity index (χ3n) is 14.1. The van der Waals surface area contributed by atoms with E-state index in [4.69, 9.17) is 4.42 Å². The summed E-state index contributed by atoms with van der Waals surface area (Å²) in [5.74, 6) is 0. The van der Waals surface area contributed by atoms with Crippen molar-refractivity contribution in [3.63, 3.8) is 0 Å². The van der Waals surface area contributed by atoms with Crippen LogP contribution >= 0.6 is 0 Å². The van der Waals surface area contributed by atoms with E-state index in [1.165, 1.54) is 88.7 Å². The molecular weight excluding hydrogens is 763 g/mol. The average molecular weight is 801 g/mol. The summed E-state index contributed by atoms with van der Waals surface area (Å²) >= 11 is 0. The zero-order valence-electron chi connectivity index (χ0n) is 34.3. The van der Waals surface area contributed by atoms with Crippen molar-refractivity contribution in [1.82, 2.24) is 0 Å². The molecule has 0 saturated heterocycles. The molecular formula is C59H37BN2O. The van der Waals surface area contributed by atoms with E-state index in [1.54, 1.807) is 0 Å². The Hall–Kier alpha value is -8.08. The summed E-state index contributed by atoms with van der Waals surface area (Å²) in [4.78, 5) is 2.57. The zero-order chi connectivity index (χ0) is 41.2. The first-order valence-corrected chi connectivity index (χ1v) is 21.9. The molecule has 0 atom stereocenters. The van der Waals surface area contributed by atoms with Gasteiger partial charge in [-0.25, -0.2) is 0 Å². The summed E-state index contributed by atoms with van der Waals surface area (Å²) in [6, 6.07) is 77.9. The Morgan fingerprint density at radius 2 is 1.11 bits per heavy atom. The molecule has 63 heavy (non-hydrogen) atoms. The average Bonchev–Trinajstić information content (AvgIpc) is 3.87. The first-order valence-electron chi connectivity index (χ1n) is 21.9. The Balaban J connectivity index is 1.06. The van der Waals surface area contributed by atoms with Gasteiger partial charge in [0.2, 0.25) is 0 Å². The molecule has 1 aromatic heterocycles. The molecule has 1 N–H and O–H groups in total. The van der Waals surface area contributed by atoms with Crippen LogP contribution in [-0.4, -0.2) is 7.28 Å². The number of fused-ring (bicyclic) bond motifs is 16. The predicted octanol–water partition coefficient (Wildman–Crippen LogP) is 13.7. The van der Waals surface area contributed by atoms with E-state index < -0.39 is 5.41 Å². The molecule has 11 aromatic rings. The second kappa shape index (κ2) is 13.0. The Kier molecular flexibility index (Phi) is 7.13. The molecule has 4 heteroatoms. The lowest BCUT2D eigenvalue weighted by molar-refractivity contribution is 0.668. The molecule has 292 valence electrons. The minimum Gasteiger partial charge on any atom is -0.454 e. The van der Waals surface area contributed by atoms with Crippen molar-refractivity contribution in [1.29, 1.82) is 0 Å². The van der Waals surface area contributed by atoms with Gasteiger partial charge in [-0.15, -0.1) is 0 Å². The van der Waals surface area contributed by atoms with Crippen LogP contribution in [-0.2, 0) is 5.41 Å². The summed E-state index contributed by atoms with van der Waals surface area (Å²) in [5.41, 5.74) is 22.2. The van der Waals surface area contributed by atoms with Crippen molar-refractivity contribution in [2.75, 3.05) is 10.2 Å². The molecule has 0 amide bonds. The Labute approximate surface area is 365 Å². The highest BCUT2D eigenvalue weighted by molar-refractivity contribution is 6.74. The summed E-state index contributed by atoms with van der Waals surface area (Å²) in [7, 11) is 0.743. The summed E-state index contributed by atoms with van der Waals surface area (Å²) in [5, 5.41) is 8.55. The maximum Gasteiger partial charge on any atom is 0.198 e. The quantitative estimate of drug-likeness (QED) is 0.180. The van der Waals surface area contributed by atoms with Crippen molar-refractivity contribution in [3.8, 4) is 33.4 Å². The van der Waals surface area contributed by atoms with Crippen molar-refractivity contribution in [3.05, 3.63) is 235 Å². The third-order valence-corrected chi connectivity index (χ3v) is 14.1. The number of hydrogen-bond donors (Lipinski definition) is 1. The van der Waals surface area contributed by atoms with E-state index in [9.17, 15) is 0 Å². The van der Waals surface area contributed by atoms with Crippen LogP contribution in [0.2, 0.25) is 0 Å². The van der Waals surface area contributed by atoms with Gasteiger partial charge in [-0.1, -0.05) is 181 Å². The van der Waals surface area contributed by atoms with Crippen LogP contribution in [0.1, 0.15) is 22.3 Å². The topological polar surface area (TPSA) is 28.4 Å². The van der Waals surface area contributed by atoms with E-state index in [2.05, 4.69) is 223 Å². The van der Waals surface area contributed by atoms with Crippen LogP contribution in [0.4, 0.5) is 28.4 Å². The van der Waals surface area contributed by atoms with Gasteiger partial charge in [-0.05, 0) is 103 Å². The van der Waals surface area contributed by atoms with Crippen LogP contribution in [0, 0.1) is 0 Å². The fourth-order valence-corrected chi connectivity index (χ4v) is 11.5. The molecule has 0 saturated carbocycles. The van der Waals surface area contributed by atoms with Crippen molar-refractivity contribution in [2.24, 2.45) is 0 Å². The van der Waals surface area contributed by atoms with E-state index in [-0.39, 0.29) is 0 Å². The van der Waals surface area contributed by atoms with Gasteiger partial charge in [0.1, 0.15) is 5.58 Å². The van der Waals surface area contributed by atoms with Gasteiger partial charge in [-0.2, -0.15) is 0 Å². The highest BCUT2D eigenvalue weighted by Gasteiger charge is 2.53. The number of anilines is 5. The standard InChI is InChI=1S/C59H37BN2O/c1-2-15-36(16-3-1)37-29-32-39(33-30-37)61-51-34-31-38-17-4-5-18-40(38)54(51)45-35-44-43-21-8-13-28-53(43)63-58(44)57-55(45)60-50-26-14-25-49-56(50)62(57)52-27-12-11-24-48(52)59(49)46-22-9-6-19-41(46)42-20-7-10-23-47(42)59/h1-35,60-61H. The summed E-state index contributed by atoms with van der Waals surface area (Å²) in [6.45, 7) is 0. The number of benzene rings is 10. The minimum absolute atomic E-state index is 0.490. The second-order valence-corrected chi connectivity index (χ2v) is 17.2. The van der Waals surface area contributed by atoms with E-state index in [1.807, 2.05) is 0 Å². The van der Waals surface area contributed by atoms with E-state index in [0.29, 0.717) is 0 Å². The van der Waals surface area contributed by atoms with Crippen LogP contribution in [0.25, 0.3) is 66.1 Å². The number of para-hydroxylation sites is 3. The molecule has 3 aliphatic rings. The SMILES string of the molecule is B1c2cccc3c2N(c2ccccc2C32c3ccccc3-c3ccccc32)c2c1c(-c1c(Nc3ccc(-c4ccccc4)cc3)ccc3ccccc13)cc1c2oc2ccccc21. The van der Waals surface area contributed by atoms with Gasteiger partial charge < -0.3 is 14.6 Å². The molecule has 0 bridgehead atoms. The fraction of sp³-hybridized carbons (Fsp3) is 0.0169. The lowest BCUT2D eigenvalue weighted by Gasteiger charge is -2.48. The predicted molar refractivity (Wildman–Crippen MR) is 264 cm³/mol. The number of hydrogen-bond acceptors (Lipinski definition) is 3. The largest absolute Gasteiger partial charge is 0.454 e. The van der Waals surface area contributed by atoms with Crippen molar-refractivity contribution >= 4 is 79.4 Å². The molecule has 0 fully saturated rings. The maximum absolute atomic E-state index is 7.10. The summed E-state index contributed by atoms with van der Waals surface area (Å²) in [6.07, 6.45) is 0. The van der Waals surface area contributed by atoms with Gasteiger partial charge in [0.25, 0.3) is 0 Å². The highest BCUT2D eigenvalue weighted by atomic mass is 16.3.